The molecule has 0 aliphatic carbocycles. The van der Waals surface area contributed by atoms with E-state index >= 15 is 0 Å². The molecule has 1 aliphatic rings. The first kappa shape index (κ1) is 29.4. The number of carboxylic acids is 1. The van der Waals surface area contributed by atoms with Crippen molar-refractivity contribution >= 4 is 45.1 Å². The topological polar surface area (TPSA) is 104 Å². The Kier molecular flexibility index (Phi) is 9.32. The highest BCUT2D eigenvalue weighted by molar-refractivity contribution is 7.90. The van der Waals surface area contributed by atoms with Gasteiger partial charge in [0.05, 0.1) is 23.1 Å². The summed E-state index contributed by atoms with van der Waals surface area (Å²) < 4.78 is 27.8. The van der Waals surface area contributed by atoms with Crippen molar-refractivity contribution < 1.29 is 23.1 Å². The van der Waals surface area contributed by atoms with Crippen LogP contribution in [0, 0.1) is 5.41 Å². The van der Waals surface area contributed by atoms with Gasteiger partial charge in [-0.15, -0.1) is 0 Å². The number of nitrogens with zero attached hydrogens (tertiary/aromatic N) is 1. The molecule has 1 fully saturated rings. The largest absolute Gasteiger partial charge is 0.481 e. The van der Waals surface area contributed by atoms with E-state index in [-0.39, 0.29) is 31.2 Å². The molecule has 2 N–H and O–H groups in total. The maximum Gasteiger partial charge on any atom is 0.304 e. The number of amides is 1. The molecule has 2 aromatic carbocycles. The number of nitrogens with one attached hydrogen (secondary N) is 1. The predicted octanol–water partition coefficient (Wildman–Crippen LogP) is 5.64. The second-order valence-electron chi connectivity index (χ2n) is 10.2. The number of hydrogen-bond donors (Lipinski definition) is 2. The number of likely N-dealkylation sites (tertiary alicyclic amines) is 1. The fourth-order valence-electron chi connectivity index (χ4n) is 5.10. The molecule has 3 rings (SSSR count). The number of piperidine rings is 1. The van der Waals surface area contributed by atoms with Gasteiger partial charge in [0.15, 0.2) is 0 Å². The summed E-state index contributed by atoms with van der Waals surface area (Å²) in [7, 11) is -3.58. The van der Waals surface area contributed by atoms with Crippen LogP contribution < -0.4 is 4.72 Å². The Morgan fingerprint density at radius 3 is 2.32 bits per heavy atom. The van der Waals surface area contributed by atoms with Crippen LogP contribution in [0.15, 0.2) is 48.5 Å². The minimum Gasteiger partial charge on any atom is -0.481 e. The van der Waals surface area contributed by atoms with Crippen molar-refractivity contribution in [2.24, 2.45) is 5.41 Å². The molecule has 37 heavy (non-hydrogen) atoms. The van der Waals surface area contributed by atoms with Crippen LogP contribution in [0.1, 0.15) is 70.0 Å². The molecule has 2 aromatic rings. The second-order valence-corrected chi connectivity index (χ2v) is 13.4. The lowest BCUT2D eigenvalue weighted by molar-refractivity contribution is -0.160. The molecule has 1 amide bonds. The molecule has 1 saturated heterocycles. The van der Waals surface area contributed by atoms with Gasteiger partial charge in [0.1, 0.15) is 0 Å². The van der Waals surface area contributed by atoms with E-state index in [9.17, 15) is 23.1 Å². The lowest BCUT2D eigenvalue weighted by Crippen LogP contribution is -2.58. The van der Waals surface area contributed by atoms with Crippen LogP contribution >= 0.6 is 23.2 Å². The Bertz CT molecular complexity index is 1240. The van der Waals surface area contributed by atoms with E-state index in [1.807, 2.05) is 37.3 Å². The molecule has 0 bridgehead atoms. The van der Waals surface area contributed by atoms with Crippen LogP contribution in [0.4, 0.5) is 0 Å². The van der Waals surface area contributed by atoms with E-state index in [0.29, 0.717) is 16.5 Å². The normalized spacial score (nSPS) is 23.3. The average Bonchev–Trinajstić information content (AvgIpc) is 2.82. The number of aliphatic carboxylic acids is 1. The zero-order chi connectivity index (χ0) is 27.5. The minimum absolute atomic E-state index is 0.0122. The Morgan fingerprint density at radius 1 is 1.14 bits per heavy atom. The van der Waals surface area contributed by atoms with Crippen LogP contribution in [-0.4, -0.2) is 48.1 Å². The van der Waals surface area contributed by atoms with E-state index in [2.05, 4.69) is 4.72 Å². The smallest absolute Gasteiger partial charge is 0.304 e. The highest BCUT2D eigenvalue weighted by Gasteiger charge is 2.52. The van der Waals surface area contributed by atoms with Gasteiger partial charge in [0.2, 0.25) is 15.9 Å². The lowest BCUT2D eigenvalue weighted by atomic mass is 9.67. The number of sulfonamides is 1. The number of benzene rings is 2. The van der Waals surface area contributed by atoms with Crippen molar-refractivity contribution in [1.82, 2.24) is 9.62 Å². The molecular formula is C27H34Cl2N2O5S. The van der Waals surface area contributed by atoms with Crippen molar-refractivity contribution in [3.05, 3.63) is 69.7 Å². The van der Waals surface area contributed by atoms with Crippen LogP contribution in [0.25, 0.3) is 0 Å². The molecule has 0 aromatic heterocycles. The summed E-state index contributed by atoms with van der Waals surface area (Å²) in [5, 5.41) is 10.2. The Hall–Kier alpha value is -2.13. The highest BCUT2D eigenvalue weighted by atomic mass is 35.5. The maximum atomic E-state index is 14.2. The SMILES string of the molecule is CCC(CNS(=O)(=O)C(C)C)N1C(=O)C(C)(CC(=O)O)CC(c2cccc(Cl)c2)C1c1ccc(Cl)cc1. The zero-order valence-corrected chi connectivity index (χ0v) is 23.8. The van der Waals surface area contributed by atoms with Gasteiger partial charge in [-0.25, -0.2) is 13.1 Å². The van der Waals surface area contributed by atoms with Gasteiger partial charge in [-0.1, -0.05) is 61.3 Å². The number of carboxylic acid groups (broad SMARTS) is 1. The third-order valence-corrected chi connectivity index (χ3v) is 9.43. The lowest BCUT2D eigenvalue weighted by Gasteiger charge is -2.52. The summed E-state index contributed by atoms with van der Waals surface area (Å²) >= 11 is 12.5. The van der Waals surface area contributed by atoms with Crippen molar-refractivity contribution in [2.75, 3.05) is 6.54 Å². The van der Waals surface area contributed by atoms with Crippen LogP contribution in [0.2, 0.25) is 10.0 Å². The number of carbonyl (C=O) groups is 2. The number of halogens is 2. The molecular weight excluding hydrogens is 535 g/mol. The van der Waals surface area contributed by atoms with Gasteiger partial charge in [0.25, 0.3) is 0 Å². The summed E-state index contributed by atoms with van der Waals surface area (Å²) in [6, 6.07) is 13.6. The molecule has 0 radical (unpaired) electrons. The van der Waals surface area contributed by atoms with Crippen LogP contribution in [0.3, 0.4) is 0 Å². The first-order chi connectivity index (χ1) is 17.3. The molecule has 202 valence electrons. The molecule has 0 spiro atoms. The molecule has 1 aliphatic heterocycles. The Balaban J connectivity index is 2.20. The summed E-state index contributed by atoms with van der Waals surface area (Å²) in [6.07, 6.45) is 0.402. The predicted molar refractivity (Wildman–Crippen MR) is 146 cm³/mol. The molecule has 1 heterocycles. The van der Waals surface area contributed by atoms with E-state index in [1.165, 1.54) is 0 Å². The summed E-state index contributed by atoms with van der Waals surface area (Å²) in [5.74, 6) is -1.68. The Morgan fingerprint density at radius 2 is 1.78 bits per heavy atom. The van der Waals surface area contributed by atoms with Gasteiger partial charge < -0.3 is 10.0 Å². The standard InChI is InChI=1S/C27H34Cl2N2O5S/c1-5-22(16-30-37(35,36)17(2)3)31-25(18-9-11-20(28)12-10-18)23(19-7-6-8-21(29)13-19)14-27(4,26(31)34)15-24(32)33/h6-13,17,22-23,25,30H,5,14-16H2,1-4H3,(H,32,33). The van der Waals surface area contributed by atoms with Crippen molar-refractivity contribution in [3.8, 4) is 0 Å². The molecule has 10 heteroatoms. The quantitative estimate of drug-likeness (QED) is 0.386. The molecule has 4 unspecified atom stereocenters. The van der Waals surface area contributed by atoms with Crippen LogP contribution in [0.5, 0.6) is 0 Å². The molecule has 4 atom stereocenters. The van der Waals surface area contributed by atoms with Gasteiger partial charge in [-0.3, -0.25) is 9.59 Å². The van der Waals surface area contributed by atoms with Gasteiger partial charge in [0, 0.05) is 28.5 Å². The number of carbonyl (C=O) groups excluding carboxylic acids is 1. The first-order valence-electron chi connectivity index (χ1n) is 12.3. The Labute approximate surface area is 229 Å². The van der Waals surface area contributed by atoms with Gasteiger partial charge >= 0.3 is 5.97 Å². The number of rotatable bonds is 10. The van der Waals surface area contributed by atoms with E-state index in [4.69, 9.17) is 23.2 Å². The summed E-state index contributed by atoms with van der Waals surface area (Å²) in [4.78, 5) is 27.8. The summed E-state index contributed by atoms with van der Waals surface area (Å²) in [6.45, 7) is 6.75. The van der Waals surface area contributed by atoms with Crippen molar-refractivity contribution in [1.29, 1.82) is 0 Å². The maximum absolute atomic E-state index is 14.2. The van der Waals surface area contributed by atoms with E-state index < -0.39 is 38.7 Å². The van der Waals surface area contributed by atoms with E-state index in [0.717, 1.165) is 11.1 Å². The molecule has 0 saturated carbocycles. The monoisotopic (exact) mass is 568 g/mol. The second kappa shape index (κ2) is 11.7. The molecule has 7 nitrogen and oxygen atoms in total. The first-order valence-corrected chi connectivity index (χ1v) is 14.6. The van der Waals surface area contributed by atoms with Crippen molar-refractivity contribution in [2.45, 2.75) is 70.2 Å². The fraction of sp³-hybridized carbons (Fsp3) is 0.481. The third kappa shape index (κ3) is 6.66. The zero-order valence-electron chi connectivity index (χ0n) is 21.4. The fourth-order valence-corrected chi connectivity index (χ4v) is 6.18. The van der Waals surface area contributed by atoms with Crippen molar-refractivity contribution in [3.63, 3.8) is 0 Å². The van der Waals surface area contributed by atoms with Crippen LogP contribution in [-0.2, 0) is 19.6 Å². The average molecular weight is 570 g/mol. The summed E-state index contributed by atoms with van der Waals surface area (Å²) in [5.41, 5.74) is 0.496. The minimum atomic E-state index is -3.58. The van der Waals surface area contributed by atoms with Gasteiger partial charge in [-0.05, 0) is 62.1 Å². The third-order valence-electron chi connectivity index (χ3n) is 7.14. The van der Waals surface area contributed by atoms with E-state index in [1.54, 1.807) is 43.9 Å². The van der Waals surface area contributed by atoms with Gasteiger partial charge in [-0.2, -0.15) is 0 Å². The number of hydrogen-bond acceptors (Lipinski definition) is 4. The highest BCUT2D eigenvalue weighted by Crippen LogP contribution is 2.52.